The summed E-state index contributed by atoms with van der Waals surface area (Å²) in [5.41, 5.74) is 1.05. The summed E-state index contributed by atoms with van der Waals surface area (Å²) >= 11 is 0. The molecule has 5 aliphatic rings. The van der Waals surface area contributed by atoms with Gasteiger partial charge in [0.15, 0.2) is 5.78 Å². The molecule has 0 aromatic rings. The molecule has 2 heteroatoms. The van der Waals surface area contributed by atoms with E-state index >= 15 is 0 Å². The van der Waals surface area contributed by atoms with Crippen LogP contribution in [0.5, 0.6) is 0 Å². The molecule has 0 radical (unpaired) electrons. The zero-order valence-electron chi connectivity index (χ0n) is 22.6. The smallest absolute Gasteiger partial charge is 0.226 e. The van der Waals surface area contributed by atoms with Crippen molar-refractivity contribution in [1.29, 1.82) is 0 Å². The van der Waals surface area contributed by atoms with Gasteiger partial charge in [0, 0.05) is 5.41 Å². The summed E-state index contributed by atoms with van der Waals surface area (Å²) < 4.78 is 0. The van der Waals surface area contributed by atoms with Crippen LogP contribution in [0.15, 0.2) is 11.8 Å². The van der Waals surface area contributed by atoms with Crippen LogP contribution in [-0.4, -0.2) is 5.78 Å². The summed E-state index contributed by atoms with van der Waals surface area (Å²) in [5, 5.41) is 0. The highest BCUT2D eigenvalue weighted by atomic mass is 16.1. The fourth-order valence-electron chi connectivity index (χ4n) is 11.2. The Balaban J connectivity index is 1.61. The first kappa shape index (κ1) is 23.6. The van der Waals surface area contributed by atoms with E-state index in [2.05, 4.69) is 66.3 Å². The molecule has 5 aliphatic carbocycles. The maximum Gasteiger partial charge on any atom is 0.226 e. The number of carbonyl (C=O) groups is 1. The van der Waals surface area contributed by atoms with Gasteiger partial charge in [-0.3, -0.25) is 0 Å². The maximum absolute atomic E-state index is 13.2. The molecule has 0 amide bonds. The van der Waals surface area contributed by atoms with Gasteiger partial charge < -0.3 is 4.79 Å². The van der Waals surface area contributed by atoms with Gasteiger partial charge in [-0.15, -0.1) is 0 Å². The maximum atomic E-state index is 13.2. The number of nitrogens with zero attached hydrogens (tertiary/aromatic N) is 1. The van der Waals surface area contributed by atoms with Crippen molar-refractivity contribution in [3.8, 4) is 0 Å². The third-order valence-electron chi connectivity index (χ3n) is 12.8. The lowest BCUT2D eigenvalue weighted by molar-refractivity contribution is -0.230. The van der Waals surface area contributed by atoms with Crippen LogP contribution in [0.2, 0.25) is 0 Å². The minimum absolute atomic E-state index is 0.0603. The number of hydrogen-bond donors (Lipinski definition) is 0. The van der Waals surface area contributed by atoms with Crippen LogP contribution < -0.4 is 0 Å². The summed E-state index contributed by atoms with van der Waals surface area (Å²) in [6.45, 7) is 27.4. The molecule has 5 rings (SSSR count). The number of hydrogen-bond acceptors (Lipinski definition) is 1. The number of carbonyl (C=O) groups excluding carboxylic acids is 1. The summed E-state index contributed by atoms with van der Waals surface area (Å²) in [6, 6.07) is 0. The van der Waals surface area contributed by atoms with Gasteiger partial charge in [0.1, 0.15) is 0 Å². The predicted octanol–water partition coefficient (Wildman–Crippen LogP) is 8.34. The highest BCUT2D eigenvalue weighted by Crippen LogP contribution is 2.75. The number of allylic oxidation sites excluding steroid dienone is 2. The van der Waals surface area contributed by atoms with Crippen LogP contribution >= 0.6 is 0 Å². The monoisotopic (exact) mass is 449 g/mol. The van der Waals surface area contributed by atoms with E-state index in [4.69, 9.17) is 6.57 Å². The van der Waals surface area contributed by atoms with Gasteiger partial charge in [0.05, 0.1) is 6.57 Å². The quantitative estimate of drug-likeness (QED) is 0.341. The first-order chi connectivity index (χ1) is 15.2. The first-order valence-corrected chi connectivity index (χ1v) is 13.9. The van der Waals surface area contributed by atoms with E-state index in [0.717, 1.165) is 30.1 Å². The molecule has 2 nitrogen and oxygen atoms in total. The number of Topliss-reactive ketones (excluding diaryl/α,β-unsaturated/α-hetero) is 1. The summed E-state index contributed by atoms with van der Waals surface area (Å²) in [5.74, 6) is 4.34. The molecule has 0 saturated heterocycles. The fraction of sp³-hybridized carbons (Fsp3) is 0.871. The topological polar surface area (TPSA) is 21.4 Å². The molecule has 9 atom stereocenters. The van der Waals surface area contributed by atoms with Gasteiger partial charge in [0.25, 0.3) is 0 Å². The Bertz CT molecular complexity index is 935. The highest BCUT2D eigenvalue weighted by Gasteiger charge is 2.69. The second-order valence-corrected chi connectivity index (χ2v) is 15.1. The zero-order valence-corrected chi connectivity index (χ0v) is 22.6. The molecule has 0 aromatic heterocycles. The van der Waals surface area contributed by atoms with E-state index in [-0.39, 0.29) is 16.6 Å². The Hall–Kier alpha value is -1.10. The Kier molecular flexibility index (Phi) is 5.00. The summed E-state index contributed by atoms with van der Waals surface area (Å²) in [6.07, 6.45) is 12.8. The molecule has 5 unspecified atom stereocenters. The zero-order chi connectivity index (χ0) is 24.2. The Morgan fingerprint density at radius 2 is 1.55 bits per heavy atom. The van der Waals surface area contributed by atoms with Crippen molar-refractivity contribution in [2.75, 3.05) is 0 Å². The molecule has 0 aromatic carbocycles. The van der Waals surface area contributed by atoms with E-state index in [0.29, 0.717) is 28.4 Å². The van der Waals surface area contributed by atoms with Gasteiger partial charge in [-0.2, -0.15) is 0 Å². The van der Waals surface area contributed by atoms with Crippen LogP contribution in [0.25, 0.3) is 4.85 Å². The Labute approximate surface area is 203 Å². The second-order valence-electron chi connectivity index (χ2n) is 15.1. The predicted molar refractivity (Wildman–Crippen MR) is 135 cm³/mol. The third-order valence-corrected chi connectivity index (χ3v) is 12.8. The average Bonchev–Trinajstić information content (AvgIpc) is 2.72. The number of ketones is 1. The molecule has 0 spiro atoms. The van der Waals surface area contributed by atoms with Gasteiger partial charge in [0.2, 0.25) is 5.70 Å². The third kappa shape index (κ3) is 2.93. The van der Waals surface area contributed by atoms with Gasteiger partial charge in [-0.05, 0) is 109 Å². The number of fused-ring (bicyclic) bond motifs is 7. The summed E-state index contributed by atoms with van der Waals surface area (Å²) in [4.78, 5) is 17.0. The summed E-state index contributed by atoms with van der Waals surface area (Å²) in [7, 11) is 0. The van der Waals surface area contributed by atoms with Gasteiger partial charge >= 0.3 is 0 Å². The molecular formula is C31H47NO. The van der Waals surface area contributed by atoms with E-state index in [1.807, 2.05) is 0 Å². The Morgan fingerprint density at radius 3 is 2.21 bits per heavy atom. The fourth-order valence-corrected chi connectivity index (χ4v) is 11.2. The van der Waals surface area contributed by atoms with Crippen LogP contribution in [0.3, 0.4) is 0 Å². The van der Waals surface area contributed by atoms with E-state index < -0.39 is 5.41 Å². The number of rotatable bonds is 0. The van der Waals surface area contributed by atoms with Crippen LogP contribution in [0.4, 0.5) is 0 Å². The van der Waals surface area contributed by atoms with Crippen molar-refractivity contribution >= 4 is 5.78 Å². The first-order valence-electron chi connectivity index (χ1n) is 13.9. The Morgan fingerprint density at radius 1 is 0.909 bits per heavy atom. The molecule has 0 aliphatic heterocycles. The molecule has 4 saturated carbocycles. The SMILES string of the molecule is [C-]#[N+]C1=C[C@]2(C)C3CC(C)C4C5CC(C)(C)CCC5CC[C@@]4(C)[C@]3(C)CC[C@H]2C(C)(C)C1=O. The largest absolute Gasteiger partial charge is 0.307 e. The molecular weight excluding hydrogens is 402 g/mol. The van der Waals surface area contributed by atoms with E-state index in [1.54, 1.807) is 0 Å². The van der Waals surface area contributed by atoms with Gasteiger partial charge in [-0.1, -0.05) is 61.5 Å². The van der Waals surface area contributed by atoms with Crippen LogP contribution in [0, 0.1) is 69.2 Å². The molecule has 4 fully saturated rings. The van der Waals surface area contributed by atoms with Crippen molar-refractivity contribution in [3.05, 3.63) is 23.2 Å². The van der Waals surface area contributed by atoms with Crippen molar-refractivity contribution in [3.63, 3.8) is 0 Å². The van der Waals surface area contributed by atoms with Crippen molar-refractivity contribution in [1.82, 2.24) is 0 Å². The van der Waals surface area contributed by atoms with E-state index in [1.165, 1.54) is 44.9 Å². The molecule has 0 N–H and O–H groups in total. The van der Waals surface area contributed by atoms with Crippen LogP contribution in [-0.2, 0) is 4.79 Å². The minimum Gasteiger partial charge on any atom is -0.307 e. The lowest BCUT2D eigenvalue weighted by Gasteiger charge is -2.73. The minimum atomic E-state index is -0.434. The van der Waals surface area contributed by atoms with Crippen molar-refractivity contribution in [2.45, 2.75) is 107 Å². The molecule has 182 valence electrons. The molecule has 0 heterocycles. The molecule has 0 bridgehead atoms. The normalized spacial score (nSPS) is 52.3. The van der Waals surface area contributed by atoms with Crippen molar-refractivity contribution in [2.24, 2.45) is 62.6 Å². The van der Waals surface area contributed by atoms with E-state index in [9.17, 15) is 4.79 Å². The molecule has 33 heavy (non-hydrogen) atoms. The van der Waals surface area contributed by atoms with Crippen LogP contribution in [0.1, 0.15) is 107 Å². The highest BCUT2D eigenvalue weighted by molar-refractivity contribution is 6.02. The second kappa shape index (κ2) is 6.98. The van der Waals surface area contributed by atoms with Crippen molar-refractivity contribution < 1.29 is 4.79 Å². The lowest BCUT2D eigenvalue weighted by atomic mass is 9.32. The lowest BCUT2D eigenvalue weighted by Crippen LogP contribution is -2.66. The van der Waals surface area contributed by atoms with Gasteiger partial charge in [-0.25, -0.2) is 4.85 Å². The average molecular weight is 450 g/mol. The standard InChI is InChI=1S/C31H47NO/c1-19-16-24-29(6)18-22(32-9)26(33)28(4,5)23(29)12-15-30(24,7)31(8)14-11-20-10-13-27(2,3)17-21(20)25(19)31/h18-21,23-25H,10-17H2,1-8H3/t19?,20?,21?,23-,24?,25?,29-,30+,31+/m0/s1.